The highest BCUT2D eigenvalue weighted by Crippen LogP contribution is 2.49. The smallest absolute Gasteiger partial charge is 0.0775 e. The zero-order chi connectivity index (χ0) is 21.5. The largest absolute Gasteiger partial charge is 0.313 e. The van der Waals surface area contributed by atoms with Crippen LogP contribution in [0.3, 0.4) is 0 Å². The van der Waals surface area contributed by atoms with E-state index in [0.717, 1.165) is 5.69 Å². The monoisotopic (exact) mass is 410 g/mol. The number of pyridine rings is 1. The van der Waals surface area contributed by atoms with Crippen molar-refractivity contribution < 1.29 is 0 Å². The molecule has 1 atom stereocenters. The van der Waals surface area contributed by atoms with Gasteiger partial charge in [0.05, 0.1) is 11.4 Å². The quantitative estimate of drug-likeness (QED) is 0.429. The van der Waals surface area contributed by atoms with Crippen molar-refractivity contribution in [2.45, 2.75) is 65.7 Å². The first kappa shape index (κ1) is 20.3. The summed E-state index contributed by atoms with van der Waals surface area (Å²) < 4.78 is 0. The first-order valence-electron chi connectivity index (χ1n) is 12.0. The van der Waals surface area contributed by atoms with Gasteiger partial charge >= 0.3 is 0 Å². The molecule has 1 saturated carbocycles. The van der Waals surface area contributed by atoms with E-state index in [9.17, 15) is 0 Å². The molecule has 5 rings (SSSR count). The van der Waals surface area contributed by atoms with Crippen LogP contribution in [0.5, 0.6) is 0 Å². The Labute approximate surface area is 187 Å². The topological polar surface area (TPSA) is 16.1 Å². The third kappa shape index (κ3) is 3.46. The SMILES string of the molecule is CC1=C(C(C)C(C)C)N(c2ccccc2)c2cc(C3CCCCC3)cc3ccnc1c23. The van der Waals surface area contributed by atoms with Gasteiger partial charge in [-0.25, -0.2) is 0 Å². The number of hydrogen-bond donors (Lipinski definition) is 0. The molecule has 1 fully saturated rings. The van der Waals surface area contributed by atoms with Crippen molar-refractivity contribution in [1.82, 2.24) is 4.98 Å². The van der Waals surface area contributed by atoms with Crippen LogP contribution >= 0.6 is 0 Å². The Morgan fingerprint density at radius 2 is 1.68 bits per heavy atom. The van der Waals surface area contributed by atoms with E-state index in [1.54, 1.807) is 0 Å². The minimum Gasteiger partial charge on any atom is -0.313 e. The van der Waals surface area contributed by atoms with Crippen molar-refractivity contribution in [3.8, 4) is 0 Å². The van der Waals surface area contributed by atoms with Crippen LogP contribution in [0.25, 0.3) is 16.3 Å². The fraction of sp³-hybridized carbons (Fsp3) is 0.414. The standard InChI is InChI=1S/C29H34N2/c1-19(2)20(3)29-21(4)28-27-23(15-16-30-28)17-24(22-11-7-5-8-12-22)18-26(27)31(29)25-13-9-6-10-14-25/h6,9-10,13-20,22H,5,7-8,11-12H2,1-4H3. The van der Waals surface area contributed by atoms with E-state index in [1.807, 2.05) is 6.20 Å². The number of aromatic nitrogens is 1. The second-order valence-corrected chi connectivity index (χ2v) is 9.85. The lowest BCUT2D eigenvalue weighted by Gasteiger charge is -2.39. The third-order valence-electron chi connectivity index (χ3n) is 7.61. The molecule has 1 aliphatic heterocycles. The van der Waals surface area contributed by atoms with Gasteiger partial charge in [-0.1, -0.05) is 64.3 Å². The van der Waals surface area contributed by atoms with Crippen molar-refractivity contribution in [2.24, 2.45) is 11.8 Å². The molecule has 0 saturated heterocycles. The minimum absolute atomic E-state index is 0.434. The summed E-state index contributed by atoms with van der Waals surface area (Å²) in [5.74, 6) is 1.67. The number of allylic oxidation sites excluding steroid dienone is 2. The summed E-state index contributed by atoms with van der Waals surface area (Å²) in [6, 6.07) is 18.1. The Balaban J connectivity index is 1.79. The average Bonchev–Trinajstić information content (AvgIpc) is 2.81. The Kier molecular flexibility index (Phi) is 5.33. The van der Waals surface area contributed by atoms with Gasteiger partial charge in [-0.05, 0) is 78.3 Å². The van der Waals surface area contributed by atoms with E-state index in [0.29, 0.717) is 17.8 Å². The lowest BCUT2D eigenvalue weighted by atomic mass is 9.81. The highest BCUT2D eigenvalue weighted by atomic mass is 15.2. The summed E-state index contributed by atoms with van der Waals surface area (Å²) in [6.07, 6.45) is 8.74. The highest BCUT2D eigenvalue weighted by molar-refractivity contribution is 6.07. The number of hydrogen-bond acceptors (Lipinski definition) is 2. The van der Waals surface area contributed by atoms with E-state index in [1.165, 1.54) is 71.1 Å². The summed E-state index contributed by atoms with van der Waals surface area (Å²) in [4.78, 5) is 7.44. The van der Waals surface area contributed by atoms with Crippen molar-refractivity contribution in [3.63, 3.8) is 0 Å². The maximum atomic E-state index is 4.90. The number of anilines is 2. The van der Waals surface area contributed by atoms with Gasteiger partial charge in [-0.3, -0.25) is 4.98 Å². The number of nitrogens with zero attached hydrogens (tertiary/aromatic N) is 2. The molecule has 0 amide bonds. The van der Waals surface area contributed by atoms with Crippen molar-refractivity contribution in [3.05, 3.63) is 71.7 Å². The molecule has 0 spiro atoms. The zero-order valence-corrected chi connectivity index (χ0v) is 19.4. The zero-order valence-electron chi connectivity index (χ0n) is 19.4. The van der Waals surface area contributed by atoms with Gasteiger partial charge in [0, 0.05) is 23.0 Å². The predicted octanol–water partition coefficient (Wildman–Crippen LogP) is 8.46. The molecular weight excluding hydrogens is 376 g/mol. The molecule has 0 bridgehead atoms. The number of para-hydroxylation sites is 1. The van der Waals surface area contributed by atoms with Crippen molar-refractivity contribution >= 4 is 27.7 Å². The lowest BCUT2D eigenvalue weighted by Crippen LogP contribution is -2.28. The van der Waals surface area contributed by atoms with Gasteiger partial charge < -0.3 is 4.90 Å². The van der Waals surface area contributed by atoms with Crippen LogP contribution in [0.15, 0.2) is 60.4 Å². The van der Waals surface area contributed by atoms with Crippen molar-refractivity contribution in [2.75, 3.05) is 4.90 Å². The maximum absolute atomic E-state index is 4.90. The van der Waals surface area contributed by atoms with Gasteiger partial charge in [-0.15, -0.1) is 0 Å². The number of benzene rings is 2. The van der Waals surface area contributed by atoms with E-state index >= 15 is 0 Å². The maximum Gasteiger partial charge on any atom is 0.0775 e. The first-order chi connectivity index (χ1) is 15.1. The second-order valence-electron chi connectivity index (χ2n) is 9.85. The molecule has 2 heterocycles. The molecule has 1 unspecified atom stereocenters. The van der Waals surface area contributed by atoms with Crippen LogP contribution in [-0.2, 0) is 0 Å². The summed E-state index contributed by atoms with van der Waals surface area (Å²) in [6.45, 7) is 9.30. The van der Waals surface area contributed by atoms with Crippen LogP contribution in [0.1, 0.15) is 77.0 Å². The van der Waals surface area contributed by atoms with Gasteiger partial charge in [0.15, 0.2) is 0 Å². The average molecular weight is 411 g/mol. The molecule has 2 aliphatic rings. The predicted molar refractivity (Wildman–Crippen MR) is 133 cm³/mol. The molecule has 1 aromatic heterocycles. The minimum atomic E-state index is 0.434. The summed E-state index contributed by atoms with van der Waals surface area (Å²) in [7, 11) is 0. The molecule has 0 radical (unpaired) electrons. The first-order valence-corrected chi connectivity index (χ1v) is 12.0. The Morgan fingerprint density at radius 1 is 0.935 bits per heavy atom. The fourth-order valence-electron chi connectivity index (χ4n) is 5.58. The van der Waals surface area contributed by atoms with Crippen LogP contribution in [0.4, 0.5) is 11.4 Å². The van der Waals surface area contributed by atoms with E-state index in [-0.39, 0.29) is 0 Å². The Hall–Kier alpha value is -2.61. The molecule has 0 N–H and O–H groups in total. The second kappa shape index (κ2) is 8.15. The molecule has 2 aromatic carbocycles. The van der Waals surface area contributed by atoms with Crippen molar-refractivity contribution in [1.29, 1.82) is 0 Å². The molecular formula is C29H34N2. The molecule has 2 heteroatoms. The summed E-state index contributed by atoms with van der Waals surface area (Å²) in [5, 5.41) is 2.64. The Morgan fingerprint density at radius 3 is 2.39 bits per heavy atom. The molecule has 1 aliphatic carbocycles. The normalized spacial score (nSPS) is 18.2. The molecule has 2 nitrogen and oxygen atoms in total. The van der Waals surface area contributed by atoms with Crippen LogP contribution < -0.4 is 4.90 Å². The van der Waals surface area contributed by atoms with Gasteiger partial charge in [0.2, 0.25) is 0 Å². The van der Waals surface area contributed by atoms with Crippen LogP contribution in [-0.4, -0.2) is 4.98 Å². The van der Waals surface area contributed by atoms with Gasteiger partial charge in [0.1, 0.15) is 0 Å². The van der Waals surface area contributed by atoms with Gasteiger partial charge in [-0.2, -0.15) is 0 Å². The van der Waals surface area contributed by atoms with Crippen LogP contribution in [0.2, 0.25) is 0 Å². The third-order valence-corrected chi connectivity index (χ3v) is 7.61. The molecule has 31 heavy (non-hydrogen) atoms. The summed E-state index contributed by atoms with van der Waals surface area (Å²) >= 11 is 0. The van der Waals surface area contributed by atoms with E-state index in [2.05, 4.69) is 81.1 Å². The summed E-state index contributed by atoms with van der Waals surface area (Å²) in [5.41, 5.74) is 7.96. The fourth-order valence-corrected chi connectivity index (χ4v) is 5.58. The molecule has 3 aromatic rings. The highest BCUT2D eigenvalue weighted by Gasteiger charge is 2.32. The van der Waals surface area contributed by atoms with E-state index < -0.39 is 0 Å². The molecule has 160 valence electrons. The lowest BCUT2D eigenvalue weighted by molar-refractivity contribution is 0.444. The van der Waals surface area contributed by atoms with E-state index in [4.69, 9.17) is 4.98 Å². The van der Waals surface area contributed by atoms with Gasteiger partial charge in [0.25, 0.3) is 0 Å². The van der Waals surface area contributed by atoms with Crippen LogP contribution in [0, 0.1) is 11.8 Å². The Bertz CT molecular complexity index is 1120. The number of rotatable bonds is 4.